The van der Waals surface area contributed by atoms with Crippen LogP contribution in [0.3, 0.4) is 0 Å². The monoisotopic (exact) mass is 289 g/mol. The maximum absolute atomic E-state index is 13.7. The lowest BCUT2D eigenvalue weighted by Crippen LogP contribution is -2.16. The fraction of sp³-hybridized carbons (Fsp3) is 0.0714. The van der Waals surface area contributed by atoms with Gasteiger partial charge in [0.1, 0.15) is 5.82 Å². The van der Waals surface area contributed by atoms with Crippen molar-refractivity contribution in [1.29, 1.82) is 0 Å². The van der Waals surface area contributed by atoms with Crippen LogP contribution in [0.1, 0.15) is 17.3 Å². The average Bonchev–Trinajstić information content (AvgIpc) is 2.42. The molecular formula is C14H12FN3O3. The van der Waals surface area contributed by atoms with Crippen LogP contribution in [0, 0.1) is 5.82 Å². The van der Waals surface area contributed by atoms with E-state index in [1.807, 2.05) is 0 Å². The van der Waals surface area contributed by atoms with Crippen LogP contribution in [0.2, 0.25) is 0 Å². The number of carbonyl (C=O) groups is 2. The SMILES string of the molecule is CC(=O)Nc1ccc(F)c(NC(=O)c2cc[nH]c(=O)c2)c1. The Morgan fingerprint density at radius 2 is 1.90 bits per heavy atom. The summed E-state index contributed by atoms with van der Waals surface area (Å²) < 4.78 is 13.7. The van der Waals surface area contributed by atoms with Gasteiger partial charge in [-0.3, -0.25) is 14.4 Å². The van der Waals surface area contributed by atoms with Crippen molar-refractivity contribution in [3.05, 3.63) is 58.3 Å². The first-order valence-corrected chi connectivity index (χ1v) is 6.03. The fourth-order valence-corrected chi connectivity index (χ4v) is 1.68. The molecule has 21 heavy (non-hydrogen) atoms. The quantitative estimate of drug-likeness (QED) is 0.803. The van der Waals surface area contributed by atoms with Crippen molar-refractivity contribution < 1.29 is 14.0 Å². The number of carbonyl (C=O) groups excluding carboxylic acids is 2. The molecule has 0 aliphatic rings. The first-order chi connectivity index (χ1) is 9.95. The Bertz CT molecular complexity index is 755. The minimum atomic E-state index is -0.651. The van der Waals surface area contributed by atoms with Gasteiger partial charge in [0.2, 0.25) is 11.5 Å². The number of rotatable bonds is 3. The van der Waals surface area contributed by atoms with Gasteiger partial charge in [-0.1, -0.05) is 0 Å². The minimum Gasteiger partial charge on any atom is -0.329 e. The predicted molar refractivity (Wildman–Crippen MR) is 75.7 cm³/mol. The average molecular weight is 289 g/mol. The molecule has 0 spiro atoms. The second-order valence-corrected chi connectivity index (χ2v) is 4.27. The molecule has 108 valence electrons. The second-order valence-electron chi connectivity index (χ2n) is 4.27. The Balaban J connectivity index is 2.24. The summed E-state index contributed by atoms with van der Waals surface area (Å²) in [6.45, 7) is 1.32. The summed E-state index contributed by atoms with van der Waals surface area (Å²) in [5.41, 5.74) is -0.0742. The molecule has 0 fully saturated rings. The van der Waals surface area contributed by atoms with E-state index in [1.54, 1.807) is 0 Å². The first kappa shape index (κ1) is 14.4. The van der Waals surface area contributed by atoms with Gasteiger partial charge in [-0.2, -0.15) is 0 Å². The Kier molecular flexibility index (Phi) is 4.13. The van der Waals surface area contributed by atoms with Crippen LogP contribution in [0.5, 0.6) is 0 Å². The smallest absolute Gasteiger partial charge is 0.255 e. The zero-order valence-corrected chi connectivity index (χ0v) is 11.1. The molecule has 1 aromatic heterocycles. The van der Waals surface area contributed by atoms with E-state index in [0.717, 1.165) is 12.1 Å². The standard InChI is InChI=1S/C14H12FN3O3/c1-8(19)17-10-2-3-11(15)12(7-10)18-14(21)9-4-5-16-13(20)6-9/h2-7H,1H3,(H,16,20)(H,17,19)(H,18,21). The minimum absolute atomic E-state index is 0.0912. The molecule has 0 aliphatic carbocycles. The zero-order valence-electron chi connectivity index (χ0n) is 11.1. The number of hydrogen-bond acceptors (Lipinski definition) is 3. The van der Waals surface area contributed by atoms with Crippen LogP contribution < -0.4 is 16.2 Å². The highest BCUT2D eigenvalue weighted by Crippen LogP contribution is 2.20. The van der Waals surface area contributed by atoms with Gasteiger partial charge in [-0.05, 0) is 24.3 Å². The third kappa shape index (κ3) is 3.75. The third-order valence-corrected chi connectivity index (χ3v) is 2.57. The molecule has 2 rings (SSSR count). The highest BCUT2D eigenvalue weighted by atomic mass is 19.1. The number of aromatic amines is 1. The highest BCUT2D eigenvalue weighted by Gasteiger charge is 2.11. The van der Waals surface area contributed by atoms with E-state index < -0.39 is 17.3 Å². The first-order valence-electron chi connectivity index (χ1n) is 6.03. The van der Waals surface area contributed by atoms with E-state index in [2.05, 4.69) is 15.6 Å². The number of H-pyrrole nitrogens is 1. The maximum atomic E-state index is 13.7. The predicted octanol–water partition coefficient (Wildman–Crippen LogP) is 1.72. The van der Waals surface area contributed by atoms with Gasteiger partial charge in [-0.25, -0.2) is 4.39 Å². The molecule has 3 N–H and O–H groups in total. The highest BCUT2D eigenvalue weighted by molar-refractivity contribution is 6.04. The molecule has 1 heterocycles. The van der Waals surface area contributed by atoms with Crippen molar-refractivity contribution in [3.8, 4) is 0 Å². The second kappa shape index (κ2) is 6.00. The van der Waals surface area contributed by atoms with Gasteiger partial charge >= 0.3 is 0 Å². The summed E-state index contributed by atoms with van der Waals surface area (Å²) in [7, 11) is 0. The van der Waals surface area contributed by atoms with Crippen molar-refractivity contribution in [3.63, 3.8) is 0 Å². The molecule has 6 nitrogen and oxygen atoms in total. The molecule has 2 aromatic rings. The molecule has 1 aromatic carbocycles. The van der Waals surface area contributed by atoms with E-state index in [1.165, 1.54) is 31.3 Å². The Morgan fingerprint density at radius 1 is 1.14 bits per heavy atom. The van der Waals surface area contributed by atoms with Crippen LogP contribution >= 0.6 is 0 Å². The molecular weight excluding hydrogens is 277 g/mol. The molecule has 0 saturated carbocycles. The van der Waals surface area contributed by atoms with Gasteiger partial charge in [-0.15, -0.1) is 0 Å². The van der Waals surface area contributed by atoms with Crippen LogP contribution in [-0.4, -0.2) is 16.8 Å². The van der Waals surface area contributed by atoms with Gasteiger partial charge in [0, 0.05) is 30.4 Å². The molecule has 0 atom stereocenters. The lowest BCUT2D eigenvalue weighted by atomic mass is 10.2. The number of halogens is 1. The van der Waals surface area contributed by atoms with Crippen molar-refractivity contribution in [2.45, 2.75) is 6.92 Å². The van der Waals surface area contributed by atoms with Gasteiger partial charge in [0.05, 0.1) is 5.69 Å². The molecule has 2 amide bonds. The van der Waals surface area contributed by atoms with Crippen molar-refractivity contribution in [1.82, 2.24) is 4.98 Å². The van der Waals surface area contributed by atoms with Crippen molar-refractivity contribution >= 4 is 23.2 Å². The van der Waals surface area contributed by atoms with Crippen LogP contribution in [0.4, 0.5) is 15.8 Å². The number of pyridine rings is 1. The van der Waals surface area contributed by atoms with E-state index in [0.29, 0.717) is 5.69 Å². The number of amides is 2. The van der Waals surface area contributed by atoms with Crippen LogP contribution in [0.25, 0.3) is 0 Å². The van der Waals surface area contributed by atoms with Crippen LogP contribution in [-0.2, 0) is 4.79 Å². The van der Waals surface area contributed by atoms with Gasteiger partial charge in [0.15, 0.2) is 0 Å². The third-order valence-electron chi connectivity index (χ3n) is 2.57. The number of benzene rings is 1. The lowest BCUT2D eigenvalue weighted by molar-refractivity contribution is -0.114. The molecule has 0 radical (unpaired) electrons. The molecule has 0 saturated heterocycles. The number of hydrogen-bond donors (Lipinski definition) is 3. The van der Waals surface area contributed by atoms with Gasteiger partial charge in [0.25, 0.3) is 5.91 Å². The topological polar surface area (TPSA) is 91.1 Å². The number of anilines is 2. The molecule has 7 heteroatoms. The summed E-state index contributed by atoms with van der Waals surface area (Å²) in [5.74, 6) is -1.59. The van der Waals surface area contributed by atoms with E-state index >= 15 is 0 Å². The Morgan fingerprint density at radius 3 is 2.57 bits per heavy atom. The summed E-state index contributed by atoms with van der Waals surface area (Å²) in [5, 5.41) is 4.83. The molecule has 0 bridgehead atoms. The largest absolute Gasteiger partial charge is 0.329 e. The Hall–Kier alpha value is -2.96. The Labute approximate surface area is 119 Å². The van der Waals surface area contributed by atoms with Gasteiger partial charge < -0.3 is 15.6 Å². The number of nitrogens with one attached hydrogen (secondary N) is 3. The lowest BCUT2D eigenvalue weighted by Gasteiger charge is -2.09. The summed E-state index contributed by atoms with van der Waals surface area (Å²) in [6, 6.07) is 6.29. The zero-order chi connectivity index (χ0) is 15.4. The number of aromatic nitrogens is 1. The fourth-order valence-electron chi connectivity index (χ4n) is 1.68. The summed E-state index contributed by atoms with van der Waals surface area (Å²) in [6.07, 6.45) is 1.32. The van der Waals surface area contributed by atoms with Crippen molar-refractivity contribution in [2.24, 2.45) is 0 Å². The maximum Gasteiger partial charge on any atom is 0.255 e. The van der Waals surface area contributed by atoms with E-state index in [9.17, 15) is 18.8 Å². The molecule has 0 unspecified atom stereocenters. The van der Waals surface area contributed by atoms with Crippen molar-refractivity contribution in [2.75, 3.05) is 10.6 Å². The van der Waals surface area contributed by atoms with Crippen LogP contribution in [0.15, 0.2) is 41.3 Å². The normalized spacial score (nSPS) is 10.0. The van der Waals surface area contributed by atoms with E-state index in [4.69, 9.17) is 0 Å². The summed E-state index contributed by atoms with van der Waals surface area (Å²) in [4.78, 5) is 36.4. The summed E-state index contributed by atoms with van der Waals surface area (Å²) >= 11 is 0. The molecule has 0 aliphatic heterocycles. The van der Waals surface area contributed by atoms with E-state index in [-0.39, 0.29) is 17.2 Å².